The Balaban J connectivity index is 1.62. The van der Waals surface area contributed by atoms with Gasteiger partial charge in [-0.05, 0) is 24.1 Å². The first-order chi connectivity index (χ1) is 16.8. The molecule has 0 radical (unpaired) electrons. The van der Waals surface area contributed by atoms with Crippen LogP contribution in [0.3, 0.4) is 0 Å². The predicted octanol–water partition coefficient (Wildman–Crippen LogP) is 2.51. The number of likely N-dealkylation sites (tertiary alicyclic amines) is 1. The van der Waals surface area contributed by atoms with Crippen molar-refractivity contribution in [2.24, 2.45) is 11.8 Å². The van der Waals surface area contributed by atoms with Gasteiger partial charge in [0.25, 0.3) is 0 Å². The smallest absolute Gasteiger partial charge is 0.250 e. The number of carbonyl (C=O) groups excluding carboxylic acids is 3. The second-order valence-corrected chi connectivity index (χ2v) is 10.7. The molecule has 3 aliphatic heterocycles. The number of fused-ring (bicyclic) bond motifs is 1. The van der Waals surface area contributed by atoms with Crippen molar-refractivity contribution in [2.45, 2.75) is 35.0 Å². The first-order valence-electron chi connectivity index (χ1n) is 11.4. The zero-order valence-electron chi connectivity index (χ0n) is 18.9. The van der Waals surface area contributed by atoms with Crippen molar-refractivity contribution in [3.8, 4) is 0 Å². The highest BCUT2D eigenvalue weighted by molar-refractivity contribution is 9.09. The summed E-state index contributed by atoms with van der Waals surface area (Å²) < 4.78 is 6.42. The molecule has 184 valence electrons. The number of hydrogen-bond donors (Lipinski definition) is 3. The van der Waals surface area contributed by atoms with Crippen molar-refractivity contribution >= 4 is 50.9 Å². The fourth-order valence-electron chi connectivity index (χ4n) is 5.96. The molecule has 5 rings (SSSR count). The van der Waals surface area contributed by atoms with Gasteiger partial charge in [-0.15, -0.1) is 0 Å². The lowest BCUT2D eigenvalue weighted by molar-refractivity contribution is -0.144. The average molecular weight is 563 g/mol. The van der Waals surface area contributed by atoms with Gasteiger partial charge in [0, 0.05) is 11.9 Å². The highest BCUT2D eigenvalue weighted by Crippen LogP contribution is 2.61. The van der Waals surface area contributed by atoms with Gasteiger partial charge in [0.2, 0.25) is 17.7 Å². The van der Waals surface area contributed by atoms with E-state index in [0.717, 1.165) is 0 Å². The van der Waals surface area contributed by atoms with Crippen LogP contribution >= 0.6 is 27.5 Å². The lowest BCUT2D eigenvalue weighted by Gasteiger charge is -2.37. The maximum atomic E-state index is 14.1. The summed E-state index contributed by atoms with van der Waals surface area (Å²) in [4.78, 5) is 42.1. The number of nitrogens with one attached hydrogen (secondary N) is 2. The number of aliphatic hydroxyl groups excluding tert-OH is 1. The Morgan fingerprint density at radius 1 is 1.20 bits per heavy atom. The first kappa shape index (κ1) is 24.2. The first-order valence-corrected chi connectivity index (χ1v) is 12.7. The lowest BCUT2D eigenvalue weighted by Crippen LogP contribution is -2.55. The maximum absolute atomic E-state index is 14.1. The number of rotatable bonds is 6. The van der Waals surface area contributed by atoms with Crippen molar-refractivity contribution in [1.29, 1.82) is 0 Å². The van der Waals surface area contributed by atoms with E-state index in [9.17, 15) is 19.5 Å². The standard InChI is InChI=1S/C25H25BrClN3O5/c1-28-22(32)18-19-24(34)30(17(12-31)13-7-3-2-4-8-13)21(25(19)11-14(26)20(18)35-25)23(33)29-16-10-6-5-9-15(16)27/h2-10,14,17-21,31H,11-12H2,1H3,(H,28,32)(H,29,33)/t14?,17-,18-,19+,20-,21?,25?/m1/s1. The average Bonchev–Trinajstić information content (AvgIpc) is 3.45. The van der Waals surface area contributed by atoms with Crippen molar-refractivity contribution in [3.05, 3.63) is 65.2 Å². The fraction of sp³-hybridized carbons (Fsp3) is 0.400. The number of halogens is 2. The number of nitrogens with zero attached hydrogens (tertiary/aromatic N) is 1. The third-order valence-corrected chi connectivity index (χ3v) is 8.52. The zero-order chi connectivity index (χ0) is 24.9. The van der Waals surface area contributed by atoms with Gasteiger partial charge in [0.15, 0.2) is 0 Å². The number of aliphatic hydroxyl groups is 1. The molecule has 0 aliphatic carbocycles. The largest absolute Gasteiger partial charge is 0.394 e. The summed E-state index contributed by atoms with van der Waals surface area (Å²) in [6.45, 7) is -0.403. The molecule has 3 N–H and O–H groups in total. The number of alkyl halides is 1. The monoisotopic (exact) mass is 561 g/mol. The second-order valence-electron chi connectivity index (χ2n) is 9.10. The Hall–Kier alpha value is -2.46. The summed E-state index contributed by atoms with van der Waals surface area (Å²) in [5, 5.41) is 16.3. The van der Waals surface area contributed by atoms with Gasteiger partial charge in [-0.3, -0.25) is 14.4 Å². The Kier molecular flexibility index (Phi) is 6.37. The van der Waals surface area contributed by atoms with E-state index < -0.39 is 48.1 Å². The normalized spacial score (nSPS) is 31.8. The molecule has 3 fully saturated rings. The molecule has 0 aromatic heterocycles. The van der Waals surface area contributed by atoms with Gasteiger partial charge >= 0.3 is 0 Å². The minimum absolute atomic E-state index is 0.214. The fourth-order valence-corrected chi connectivity index (χ4v) is 7.09. The van der Waals surface area contributed by atoms with Crippen molar-refractivity contribution in [1.82, 2.24) is 10.2 Å². The number of ether oxygens (including phenoxy) is 1. The molecule has 3 heterocycles. The summed E-state index contributed by atoms with van der Waals surface area (Å²) >= 11 is 9.92. The number of benzene rings is 2. The van der Waals surface area contributed by atoms with E-state index in [0.29, 0.717) is 22.7 Å². The Morgan fingerprint density at radius 3 is 2.54 bits per heavy atom. The molecular formula is C25H25BrClN3O5. The van der Waals surface area contributed by atoms with Crippen LogP contribution in [0.15, 0.2) is 54.6 Å². The molecule has 2 aromatic carbocycles. The quantitative estimate of drug-likeness (QED) is 0.469. The van der Waals surface area contributed by atoms with Crippen LogP contribution in [0.5, 0.6) is 0 Å². The van der Waals surface area contributed by atoms with Crippen molar-refractivity contribution in [2.75, 3.05) is 19.0 Å². The van der Waals surface area contributed by atoms with E-state index in [1.807, 2.05) is 6.07 Å². The number of para-hydroxylation sites is 1. The summed E-state index contributed by atoms with van der Waals surface area (Å²) in [5.41, 5.74) is -0.158. The van der Waals surface area contributed by atoms with Gasteiger partial charge in [0.1, 0.15) is 11.6 Å². The van der Waals surface area contributed by atoms with Crippen LogP contribution in [-0.2, 0) is 19.1 Å². The van der Waals surface area contributed by atoms with Gasteiger partial charge in [-0.2, -0.15) is 0 Å². The van der Waals surface area contributed by atoms with Crippen LogP contribution in [0, 0.1) is 11.8 Å². The topological polar surface area (TPSA) is 108 Å². The molecule has 8 nitrogen and oxygen atoms in total. The molecule has 3 saturated heterocycles. The van der Waals surface area contributed by atoms with Gasteiger partial charge < -0.3 is 25.4 Å². The van der Waals surface area contributed by atoms with Crippen molar-refractivity contribution in [3.63, 3.8) is 0 Å². The maximum Gasteiger partial charge on any atom is 0.250 e. The molecular weight excluding hydrogens is 538 g/mol. The number of amides is 3. The predicted molar refractivity (Wildman–Crippen MR) is 133 cm³/mol. The molecule has 35 heavy (non-hydrogen) atoms. The van der Waals surface area contributed by atoms with Crippen LogP contribution in [0.4, 0.5) is 5.69 Å². The summed E-state index contributed by atoms with van der Waals surface area (Å²) in [5.74, 6) is -2.81. The third-order valence-electron chi connectivity index (χ3n) is 7.35. The molecule has 3 aliphatic rings. The molecule has 10 heteroatoms. The molecule has 3 amide bonds. The highest BCUT2D eigenvalue weighted by atomic mass is 79.9. The highest BCUT2D eigenvalue weighted by Gasteiger charge is 2.77. The van der Waals surface area contributed by atoms with Gasteiger partial charge in [-0.25, -0.2) is 0 Å². The third kappa shape index (κ3) is 3.67. The molecule has 7 atom stereocenters. The molecule has 2 bridgehead atoms. The molecule has 2 aromatic rings. The summed E-state index contributed by atoms with van der Waals surface area (Å²) in [6, 6.07) is 14.0. The minimum atomic E-state index is -1.24. The Labute approximate surface area is 216 Å². The van der Waals surface area contributed by atoms with Gasteiger partial charge in [-0.1, -0.05) is 70.0 Å². The number of hydrogen-bond acceptors (Lipinski definition) is 5. The van der Waals surface area contributed by atoms with E-state index in [-0.39, 0.29) is 16.6 Å². The molecule has 1 spiro atoms. The number of carbonyl (C=O) groups is 3. The van der Waals surface area contributed by atoms with E-state index in [1.165, 1.54) is 11.9 Å². The molecule has 3 unspecified atom stereocenters. The van der Waals surface area contributed by atoms with E-state index in [4.69, 9.17) is 16.3 Å². The molecule has 0 saturated carbocycles. The van der Waals surface area contributed by atoms with Crippen LogP contribution in [0.1, 0.15) is 18.0 Å². The van der Waals surface area contributed by atoms with E-state index in [2.05, 4.69) is 26.6 Å². The van der Waals surface area contributed by atoms with Crippen molar-refractivity contribution < 1.29 is 24.2 Å². The summed E-state index contributed by atoms with van der Waals surface area (Å²) in [7, 11) is 1.52. The Morgan fingerprint density at radius 2 is 1.89 bits per heavy atom. The van der Waals surface area contributed by atoms with E-state index in [1.54, 1.807) is 48.5 Å². The van der Waals surface area contributed by atoms with Gasteiger partial charge in [0.05, 0.1) is 41.3 Å². The van der Waals surface area contributed by atoms with E-state index >= 15 is 0 Å². The zero-order valence-corrected chi connectivity index (χ0v) is 21.2. The van der Waals surface area contributed by atoms with Crippen LogP contribution in [0.25, 0.3) is 0 Å². The second kappa shape index (κ2) is 9.20. The van der Waals surface area contributed by atoms with Crippen LogP contribution < -0.4 is 10.6 Å². The minimum Gasteiger partial charge on any atom is -0.394 e. The lowest BCUT2D eigenvalue weighted by atomic mass is 9.70. The SMILES string of the molecule is CNC(=O)[C@H]1[C@@H]2OC3(CC2Br)C(C(=O)Nc2ccccc2Cl)N([C@H](CO)c2ccccc2)C(=O)[C@H]13. The van der Waals surface area contributed by atoms with Crippen LogP contribution in [0.2, 0.25) is 5.02 Å². The number of anilines is 1. The summed E-state index contributed by atoms with van der Waals surface area (Å²) in [6.07, 6.45) is -0.183. The Bertz CT molecular complexity index is 1170. The van der Waals surface area contributed by atoms with Crippen LogP contribution in [-0.4, -0.2) is 64.0 Å².